The lowest BCUT2D eigenvalue weighted by Crippen LogP contribution is -2.36. The van der Waals surface area contributed by atoms with Gasteiger partial charge in [0.25, 0.3) is 5.91 Å². The van der Waals surface area contributed by atoms with E-state index in [0.29, 0.717) is 35.9 Å². The van der Waals surface area contributed by atoms with Crippen molar-refractivity contribution in [3.63, 3.8) is 0 Å². The predicted octanol–water partition coefficient (Wildman–Crippen LogP) is 4.26. The number of benzene rings is 2. The number of oxazole rings is 1. The van der Waals surface area contributed by atoms with E-state index < -0.39 is 6.10 Å². The van der Waals surface area contributed by atoms with Crippen LogP contribution in [0.25, 0.3) is 11.3 Å². The Balaban J connectivity index is 1.33. The van der Waals surface area contributed by atoms with E-state index >= 15 is 0 Å². The fourth-order valence-corrected chi connectivity index (χ4v) is 3.48. The Labute approximate surface area is 180 Å². The molecule has 4 rings (SSSR count). The minimum Gasteiger partial charge on any atom is -0.478 e. The van der Waals surface area contributed by atoms with E-state index in [1.54, 1.807) is 12.3 Å². The molecule has 160 valence electrons. The van der Waals surface area contributed by atoms with E-state index in [-0.39, 0.29) is 24.3 Å². The molecule has 0 aliphatic carbocycles. The Bertz CT molecular complexity index is 1080. The molecule has 0 bridgehead atoms. The number of nitrogens with one attached hydrogen (secondary N) is 2. The van der Waals surface area contributed by atoms with Crippen molar-refractivity contribution in [3.8, 4) is 17.1 Å². The van der Waals surface area contributed by atoms with Crippen LogP contribution in [-0.4, -0.2) is 22.9 Å². The molecule has 1 aliphatic heterocycles. The largest absolute Gasteiger partial charge is 0.478 e. The minimum absolute atomic E-state index is 0.0923. The summed E-state index contributed by atoms with van der Waals surface area (Å²) in [5.74, 6) is 1.62. The number of rotatable bonds is 7. The minimum atomic E-state index is -0.491. The van der Waals surface area contributed by atoms with Crippen LogP contribution in [0.4, 0.5) is 5.69 Å². The van der Waals surface area contributed by atoms with Gasteiger partial charge in [-0.3, -0.25) is 9.59 Å². The van der Waals surface area contributed by atoms with Crippen molar-refractivity contribution in [1.82, 2.24) is 10.3 Å². The number of carbonyl (C=O) groups is 2. The molecule has 31 heavy (non-hydrogen) atoms. The van der Waals surface area contributed by atoms with Crippen molar-refractivity contribution in [2.24, 2.45) is 0 Å². The van der Waals surface area contributed by atoms with Gasteiger partial charge in [0.2, 0.25) is 5.91 Å². The van der Waals surface area contributed by atoms with Crippen LogP contribution >= 0.6 is 0 Å². The second-order valence-electron chi connectivity index (χ2n) is 7.53. The molecular formula is C24H25N3O4. The number of anilines is 1. The number of ether oxygens (including phenoxy) is 1. The van der Waals surface area contributed by atoms with E-state index in [1.807, 2.05) is 56.3 Å². The number of carbonyl (C=O) groups excluding carboxylic acids is 2. The molecule has 2 aromatic carbocycles. The maximum absolute atomic E-state index is 12.4. The van der Waals surface area contributed by atoms with Crippen LogP contribution in [0.1, 0.15) is 44.2 Å². The zero-order valence-electron chi connectivity index (χ0n) is 17.6. The lowest BCUT2D eigenvalue weighted by Gasteiger charge is -2.26. The van der Waals surface area contributed by atoms with Gasteiger partial charge in [-0.15, -0.1) is 0 Å². The maximum Gasteiger partial charge on any atom is 0.265 e. The topological polar surface area (TPSA) is 93.5 Å². The Hall–Kier alpha value is -3.61. The molecule has 1 aliphatic rings. The number of hydrogen-bond acceptors (Lipinski definition) is 5. The smallest absolute Gasteiger partial charge is 0.265 e. The van der Waals surface area contributed by atoms with Crippen LogP contribution < -0.4 is 15.4 Å². The summed E-state index contributed by atoms with van der Waals surface area (Å²) < 4.78 is 11.5. The van der Waals surface area contributed by atoms with Gasteiger partial charge in [0.1, 0.15) is 5.75 Å². The molecule has 2 amide bonds. The number of fused-ring (bicyclic) bond motifs is 1. The van der Waals surface area contributed by atoms with E-state index in [9.17, 15) is 9.59 Å². The van der Waals surface area contributed by atoms with Gasteiger partial charge < -0.3 is 19.8 Å². The Kier molecular flexibility index (Phi) is 6.02. The summed E-state index contributed by atoms with van der Waals surface area (Å²) in [5, 5.41) is 5.85. The number of nitrogens with zero attached hydrogens (tertiary/aromatic N) is 1. The first-order chi connectivity index (χ1) is 15.0. The van der Waals surface area contributed by atoms with Crippen molar-refractivity contribution >= 4 is 17.5 Å². The second-order valence-corrected chi connectivity index (χ2v) is 7.53. The van der Waals surface area contributed by atoms with Gasteiger partial charge in [-0.1, -0.05) is 43.3 Å². The van der Waals surface area contributed by atoms with Gasteiger partial charge in [0, 0.05) is 18.4 Å². The second kappa shape index (κ2) is 9.04. The zero-order chi connectivity index (χ0) is 21.8. The number of aryl methyl sites for hydroxylation is 1. The van der Waals surface area contributed by atoms with Crippen molar-refractivity contribution in [3.05, 3.63) is 66.2 Å². The van der Waals surface area contributed by atoms with Crippen molar-refractivity contribution in [2.75, 3.05) is 5.32 Å². The van der Waals surface area contributed by atoms with Crippen LogP contribution in [0.5, 0.6) is 5.75 Å². The fourth-order valence-electron chi connectivity index (χ4n) is 3.48. The molecule has 1 aromatic heterocycles. The summed E-state index contributed by atoms with van der Waals surface area (Å²) in [6.07, 6.45) is 2.47. The van der Waals surface area contributed by atoms with Gasteiger partial charge in [0.05, 0.1) is 17.9 Å². The van der Waals surface area contributed by atoms with Crippen LogP contribution in [0, 0.1) is 0 Å². The normalized spacial score (nSPS) is 16.1. The molecule has 2 N–H and O–H groups in total. The monoisotopic (exact) mass is 419 g/mol. The third-order valence-corrected chi connectivity index (χ3v) is 5.25. The first-order valence-electron chi connectivity index (χ1n) is 10.4. The summed E-state index contributed by atoms with van der Waals surface area (Å²) in [6.45, 7) is 3.82. The average molecular weight is 419 g/mol. The maximum atomic E-state index is 12.4. The highest BCUT2D eigenvalue weighted by Gasteiger charge is 2.26. The molecule has 0 saturated heterocycles. The lowest BCUT2D eigenvalue weighted by atomic mass is 10.1. The van der Waals surface area contributed by atoms with Gasteiger partial charge in [-0.05, 0) is 31.0 Å². The van der Waals surface area contributed by atoms with E-state index in [4.69, 9.17) is 9.15 Å². The SMILES string of the molecule is CCC1Oc2cc(C(C)NC(=O)CCc3ncc(-c4ccccc4)o3)ccc2NC1=O. The molecule has 2 unspecified atom stereocenters. The quantitative estimate of drug-likeness (QED) is 0.597. The van der Waals surface area contributed by atoms with Gasteiger partial charge in [0.15, 0.2) is 17.8 Å². The van der Waals surface area contributed by atoms with E-state index in [2.05, 4.69) is 15.6 Å². The number of amides is 2. The zero-order valence-corrected chi connectivity index (χ0v) is 17.6. The molecule has 2 atom stereocenters. The van der Waals surface area contributed by atoms with Gasteiger partial charge >= 0.3 is 0 Å². The molecule has 0 fully saturated rings. The summed E-state index contributed by atoms with van der Waals surface area (Å²) in [7, 11) is 0. The Morgan fingerprint density at radius 1 is 1.23 bits per heavy atom. The van der Waals surface area contributed by atoms with E-state index in [1.165, 1.54) is 0 Å². The van der Waals surface area contributed by atoms with Crippen molar-refractivity contribution in [1.29, 1.82) is 0 Å². The van der Waals surface area contributed by atoms with Gasteiger partial charge in [-0.25, -0.2) is 4.98 Å². The first-order valence-corrected chi connectivity index (χ1v) is 10.4. The third kappa shape index (κ3) is 4.77. The van der Waals surface area contributed by atoms with Crippen LogP contribution in [0.2, 0.25) is 0 Å². The molecule has 3 aromatic rings. The van der Waals surface area contributed by atoms with Gasteiger partial charge in [-0.2, -0.15) is 0 Å². The summed E-state index contributed by atoms with van der Waals surface area (Å²) in [5.41, 5.74) is 2.51. The van der Waals surface area contributed by atoms with Crippen molar-refractivity contribution in [2.45, 2.75) is 45.3 Å². The van der Waals surface area contributed by atoms with Crippen LogP contribution in [-0.2, 0) is 16.0 Å². The Morgan fingerprint density at radius 2 is 2.03 bits per heavy atom. The predicted molar refractivity (Wildman–Crippen MR) is 117 cm³/mol. The van der Waals surface area contributed by atoms with Crippen LogP contribution in [0.3, 0.4) is 0 Å². The fraction of sp³-hybridized carbons (Fsp3) is 0.292. The number of aromatic nitrogens is 1. The first kappa shape index (κ1) is 20.7. The standard InChI is InChI=1S/C24H25N3O4/c1-3-19-24(29)27-18-10-9-17(13-20(18)30-19)15(2)26-22(28)11-12-23-25-14-21(31-23)16-7-5-4-6-8-16/h4-10,13-15,19H,3,11-12H2,1-2H3,(H,26,28)(H,27,29). The van der Waals surface area contributed by atoms with Crippen molar-refractivity contribution < 1.29 is 18.7 Å². The van der Waals surface area contributed by atoms with Crippen LogP contribution in [0.15, 0.2) is 59.1 Å². The molecule has 2 heterocycles. The van der Waals surface area contributed by atoms with E-state index in [0.717, 1.165) is 11.1 Å². The molecule has 0 spiro atoms. The number of hydrogen-bond donors (Lipinski definition) is 2. The summed E-state index contributed by atoms with van der Waals surface area (Å²) in [4.78, 5) is 28.6. The summed E-state index contributed by atoms with van der Waals surface area (Å²) in [6, 6.07) is 15.1. The Morgan fingerprint density at radius 3 is 2.81 bits per heavy atom. The average Bonchev–Trinajstić information content (AvgIpc) is 3.26. The highest BCUT2D eigenvalue weighted by Crippen LogP contribution is 2.33. The molecule has 7 nitrogen and oxygen atoms in total. The lowest BCUT2D eigenvalue weighted by molar-refractivity contribution is -0.123. The summed E-state index contributed by atoms with van der Waals surface area (Å²) >= 11 is 0. The highest BCUT2D eigenvalue weighted by molar-refractivity contribution is 5.97. The molecule has 0 saturated carbocycles. The third-order valence-electron chi connectivity index (χ3n) is 5.25. The molecular weight excluding hydrogens is 394 g/mol. The highest BCUT2D eigenvalue weighted by atomic mass is 16.5. The molecule has 0 radical (unpaired) electrons. The molecule has 7 heteroatoms.